The molecule has 0 heterocycles. The summed E-state index contributed by atoms with van der Waals surface area (Å²) >= 11 is 0. The molecule has 0 aliphatic carbocycles. The van der Waals surface area contributed by atoms with Crippen LogP contribution in [0.3, 0.4) is 0 Å². The fraction of sp³-hybridized carbons (Fsp3) is 0.500. The smallest absolute Gasteiger partial charge is 0.426 e. The molecule has 6 heteroatoms. The first kappa shape index (κ1) is 8.70. The summed E-state index contributed by atoms with van der Waals surface area (Å²) in [5.41, 5.74) is 11.1. The maximum absolute atomic E-state index is 9.93. The molecular formula is C4H7N2O4. The van der Waals surface area contributed by atoms with E-state index in [-0.39, 0.29) is 0 Å². The van der Waals surface area contributed by atoms with E-state index in [0.29, 0.717) is 0 Å². The number of carboxylic acid groups (broad SMARTS) is 1. The van der Waals surface area contributed by atoms with E-state index >= 15 is 0 Å². The Morgan fingerprint density at radius 2 is 2.20 bits per heavy atom. The van der Waals surface area contributed by atoms with Crippen molar-refractivity contribution in [1.82, 2.24) is 5.73 Å². The third-order valence-electron chi connectivity index (χ3n) is 0.711. The lowest BCUT2D eigenvalue weighted by Crippen LogP contribution is -2.35. The van der Waals surface area contributed by atoms with E-state index in [2.05, 4.69) is 4.74 Å². The number of carboxylic acids is 1. The maximum Gasteiger partial charge on any atom is 0.426 e. The number of ether oxygens (including phenoxy) is 1. The number of carbonyl (C=O) groups is 2. The second kappa shape index (κ2) is 3.67. The molecule has 0 fully saturated rings. The van der Waals surface area contributed by atoms with Gasteiger partial charge in [0.15, 0.2) is 0 Å². The highest BCUT2D eigenvalue weighted by Gasteiger charge is 2.12. The van der Waals surface area contributed by atoms with Gasteiger partial charge in [-0.15, -0.1) is 0 Å². The fourth-order valence-electron chi connectivity index (χ4n) is 0.237. The number of rotatable bonds is 3. The van der Waals surface area contributed by atoms with Crippen LogP contribution in [-0.2, 0) is 9.53 Å². The molecule has 0 saturated heterocycles. The summed E-state index contributed by atoms with van der Waals surface area (Å²) in [7, 11) is 0. The quantitative estimate of drug-likeness (QED) is 0.521. The van der Waals surface area contributed by atoms with Crippen LogP contribution in [0.2, 0.25) is 0 Å². The zero-order valence-corrected chi connectivity index (χ0v) is 5.03. The molecule has 0 aromatic heterocycles. The van der Waals surface area contributed by atoms with Crippen LogP contribution in [0.15, 0.2) is 0 Å². The van der Waals surface area contributed by atoms with Crippen LogP contribution >= 0.6 is 0 Å². The first-order chi connectivity index (χ1) is 4.54. The summed E-state index contributed by atoms with van der Waals surface area (Å²) in [5.74, 6) is -1.26. The van der Waals surface area contributed by atoms with Crippen molar-refractivity contribution >= 4 is 12.1 Å². The summed E-state index contributed by atoms with van der Waals surface area (Å²) in [6.45, 7) is -0.461. The summed E-state index contributed by atoms with van der Waals surface area (Å²) in [5, 5.41) is 8.12. The van der Waals surface area contributed by atoms with Gasteiger partial charge in [-0.2, -0.15) is 0 Å². The predicted molar refractivity (Wildman–Crippen MR) is 30.1 cm³/mol. The zero-order valence-electron chi connectivity index (χ0n) is 5.03. The molecule has 0 spiro atoms. The summed E-state index contributed by atoms with van der Waals surface area (Å²) in [6, 6.07) is -1.24. The molecule has 1 amide bonds. The minimum Gasteiger partial charge on any atom is -0.480 e. The van der Waals surface area contributed by atoms with Gasteiger partial charge in [0.1, 0.15) is 12.6 Å². The lowest BCUT2D eigenvalue weighted by molar-refractivity contribution is -0.139. The van der Waals surface area contributed by atoms with Gasteiger partial charge in [0.25, 0.3) is 0 Å². The van der Waals surface area contributed by atoms with Crippen molar-refractivity contribution in [2.45, 2.75) is 6.04 Å². The Balaban J connectivity index is 3.49. The average Bonchev–Trinajstić information content (AvgIpc) is 1.82. The molecule has 1 radical (unpaired) electrons. The van der Waals surface area contributed by atoms with E-state index in [9.17, 15) is 9.59 Å². The van der Waals surface area contributed by atoms with Crippen LogP contribution in [0.25, 0.3) is 0 Å². The first-order valence-electron chi connectivity index (χ1n) is 2.40. The Bertz CT molecular complexity index is 146. The Hall–Kier alpha value is -1.30. The first-order valence-corrected chi connectivity index (χ1v) is 2.40. The minimum absolute atomic E-state index is 0.461. The van der Waals surface area contributed by atoms with E-state index in [0.717, 1.165) is 0 Å². The Labute approximate surface area is 56.7 Å². The third-order valence-corrected chi connectivity index (χ3v) is 0.711. The molecular weight excluding hydrogens is 140 g/mol. The van der Waals surface area contributed by atoms with Gasteiger partial charge in [-0.05, 0) is 0 Å². The number of hydrogen-bond acceptors (Lipinski definition) is 4. The maximum atomic E-state index is 9.93. The van der Waals surface area contributed by atoms with Gasteiger partial charge in [0, 0.05) is 0 Å². The lowest BCUT2D eigenvalue weighted by Gasteiger charge is -2.03. The topological polar surface area (TPSA) is 113 Å². The summed E-state index contributed by atoms with van der Waals surface area (Å²) in [6.07, 6.45) is -1.28. The summed E-state index contributed by atoms with van der Waals surface area (Å²) < 4.78 is 3.99. The van der Waals surface area contributed by atoms with Gasteiger partial charge < -0.3 is 15.6 Å². The van der Waals surface area contributed by atoms with Crippen molar-refractivity contribution in [3.8, 4) is 0 Å². The third kappa shape index (κ3) is 3.67. The SMILES string of the molecule is [NH]C(=O)OC[C@H](N)C(=O)O. The molecule has 0 aliphatic rings. The van der Waals surface area contributed by atoms with E-state index < -0.39 is 24.7 Å². The van der Waals surface area contributed by atoms with Crippen molar-refractivity contribution in [2.24, 2.45) is 5.73 Å². The van der Waals surface area contributed by atoms with Crippen LogP contribution < -0.4 is 11.5 Å². The van der Waals surface area contributed by atoms with Gasteiger partial charge in [-0.25, -0.2) is 10.5 Å². The van der Waals surface area contributed by atoms with E-state index in [1.165, 1.54) is 0 Å². The second-order valence-corrected chi connectivity index (χ2v) is 1.54. The molecule has 57 valence electrons. The van der Waals surface area contributed by atoms with E-state index in [1.807, 2.05) is 0 Å². The average molecular weight is 147 g/mol. The molecule has 0 rings (SSSR count). The number of aliphatic carboxylic acids is 1. The highest BCUT2D eigenvalue weighted by molar-refractivity contribution is 5.73. The van der Waals surface area contributed by atoms with Gasteiger partial charge in [0.2, 0.25) is 0 Å². The molecule has 0 aromatic rings. The highest BCUT2D eigenvalue weighted by atomic mass is 16.5. The van der Waals surface area contributed by atoms with Crippen LogP contribution in [0.5, 0.6) is 0 Å². The van der Waals surface area contributed by atoms with Crippen LogP contribution in [0.1, 0.15) is 0 Å². The van der Waals surface area contributed by atoms with Crippen molar-refractivity contribution in [2.75, 3.05) is 6.61 Å². The number of hydrogen-bond donors (Lipinski definition) is 2. The van der Waals surface area contributed by atoms with Crippen molar-refractivity contribution in [1.29, 1.82) is 0 Å². The minimum atomic E-state index is -1.28. The molecule has 0 aliphatic heterocycles. The molecule has 0 bridgehead atoms. The van der Waals surface area contributed by atoms with Gasteiger partial charge in [0.05, 0.1) is 0 Å². The number of nitrogens with two attached hydrogens (primary N) is 1. The lowest BCUT2D eigenvalue weighted by atomic mass is 10.3. The number of nitrogens with one attached hydrogen (secondary N) is 1. The zero-order chi connectivity index (χ0) is 8.15. The molecule has 10 heavy (non-hydrogen) atoms. The van der Waals surface area contributed by atoms with Gasteiger partial charge in [-0.3, -0.25) is 4.79 Å². The molecule has 0 unspecified atom stereocenters. The van der Waals surface area contributed by atoms with Crippen molar-refractivity contribution < 1.29 is 19.4 Å². The Morgan fingerprint density at radius 1 is 1.70 bits per heavy atom. The van der Waals surface area contributed by atoms with Crippen molar-refractivity contribution in [3.05, 3.63) is 0 Å². The Morgan fingerprint density at radius 3 is 2.50 bits per heavy atom. The van der Waals surface area contributed by atoms with E-state index in [1.54, 1.807) is 0 Å². The van der Waals surface area contributed by atoms with Crippen LogP contribution in [0, 0.1) is 0 Å². The fourth-order valence-corrected chi connectivity index (χ4v) is 0.237. The number of amides is 1. The summed E-state index contributed by atoms with van der Waals surface area (Å²) in [4.78, 5) is 19.7. The van der Waals surface area contributed by atoms with E-state index in [4.69, 9.17) is 16.6 Å². The monoisotopic (exact) mass is 147 g/mol. The van der Waals surface area contributed by atoms with Crippen LogP contribution in [0.4, 0.5) is 4.79 Å². The number of carbonyl (C=O) groups excluding carboxylic acids is 1. The normalized spacial score (nSPS) is 12.1. The molecule has 1 atom stereocenters. The predicted octanol–water partition coefficient (Wildman–Crippen LogP) is -1.18. The standard InChI is InChI=1S/C4H7N2O4/c5-2(3(7)8)1-10-4(6)9/h2,6H,1,5H2,(H,7,8)/t2-/m0/s1. The van der Waals surface area contributed by atoms with Gasteiger partial charge >= 0.3 is 12.1 Å². The molecule has 0 saturated carbocycles. The molecule has 6 nitrogen and oxygen atoms in total. The largest absolute Gasteiger partial charge is 0.480 e. The van der Waals surface area contributed by atoms with Crippen LogP contribution in [-0.4, -0.2) is 29.8 Å². The van der Waals surface area contributed by atoms with Gasteiger partial charge in [-0.1, -0.05) is 0 Å². The van der Waals surface area contributed by atoms with Crippen molar-refractivity contribution in [3.63, 3.8) is 0 Å². The highest BCUT2D eigenvalue weighted by Crippen LogP contribution is 1.81. The molecule has 0 aromatic carbocycles. The Kier molecular flexibility index (Phi) is 3.20. The molecule has 4 N–H and O–H groups in total. The second-order valence-electron chi connectivity index (χ2n) is 1.54.